The van der Waals surface area contributed by atoms with Crippen LogP contribution in [0, 0.1) is 0 Å². The average molecular weight is 200 g/mol. The minimum absolute atomic E-state index is 0.387. The van der Waals surface area contributed by atoms with Crippen molar-refractivity contribution in [1.29, 1.82) is 0 Å². The van der Waals surface area contributed by atoms with Gasteiger partial charge < -0.3 is 5.73 Å². The Hall–Kier alpha value is -0.910. The van der Waals surface area contributed by atoms with Crippen LogP contribution in [0.25, 0.3) is 0 Å². The summed E-state index contributed by atoms with van der Waals surface area (Å²) in [5.74, 6) is 0. The van der Waals surface area contributed by atoms with Crippen molar-refractivity contribution >= 4 is 10.0 Å². The van der Waals surface area contributed by atoms with E-state index in [1.807, 2.05) is 0 Å². The van der Waals surface area contributed by atoms with Crippen molar-refractivity contribution in [3.05, 3.63) is 36.0 Å². The maximum Gasteiger partial charge on any atom is 0.219 e. The summed E-state index contributed by atoms with van der Waals surface area (Å²) >= 11 is 0. The summed E-state index contributed by atoms with van der Waals surface area (Å²) in [6, 6.07) is 0. The van der Waals surface area contributed by atoms with Gasteiger partial charge >= 0.3 is 0 Å². The van der Waals surface area contributed by atoms with Gasteiger partial charge in [0.1, 0.15) is 5.25 Å². The molecule has 1 atom stereocenters. The molecule has 0 radical (unpaired) electrons. The number of allylic oxidation sites excluding steroid dienone is 2. The molecule has 5 heteroatoms. The summed E-state index contributed by atoms with van der Waals surface area (Å²) in [7, 11) is -3.53. The fourth-order valence-electron chi connectivity index (χ4n) is 0.982. The van der Waals surface area contributed by atoms with Gasteiger partial charge in [0.2, 0.25) is 10.0 Å². The standard InChI is InChI=1S/C8H12N2O2S/c9-6-7-2-1-3-8(5-4-7)13(10,11)12/h1-5,8H,6,9H2,(H2,10,11,12). The van der Waals surface area contributed by atoms with Crippen LogP contribution >= 0.6 is 0 Å². The van der Waals surface area contributed by atoms with Gasteiger partial charge in [-0.1, -0.05) is 30.4 Å². The van der Waals surface area contributed by atoms with Crippen molar-refractivity contribution in [2.75, 3.05) is 6.54 Å². The Morgan fingerprint density at radius 3 is 2.62 bits per heavy atom. The summed E-state index contributed by atoms with van der Waals surface area (Å²) in [5, 5.41) is 4.24. The molecule has 13 heavy (non-hydrogen) atoms. The molecule has 0 aromatic heterocycles. The number of sulfonamides is 1. The number of hydrogen-bond donors (Lipinski definition) is 2. The monoisotopic (exact) mass is 200 g/mol. The first-order chi connectivity index (χ1) is 6.04. The van der Waals surface area contributed by atoms with E-state index in [0.717, 1.165) is 5.57 Å². The predicted octanol–water partition coefficient (Wildman–Crippen LogP) is -0.345. The molecule has 0 bridgehead atoms. The first-order valence-electron chi connectivity index (χ1n) is 3.81. The molecule has 0 aromatic carbocycles. The zero-order valence-electron chi connectivity index (χ0n) is 7.05. The fourth-order valence-corrected chi connectivity index (χ4v) is 1.59. The lowest BCUT2D eigenvalue weighted by molar-refractivity contribution is 0.596. The third-order valence-corrected chi connectivity index (χ3v) is 2.80. The van der Waals surface area contributed by atoms with Crippen LogP contribution in [0.1, 0.15) is 0 Å². The molecule has 4 N–H and O–H groups in total. The summed E-state index contributed by atoms with van der Waals surface area (Å²) < 4.78 is 21.9. The molecule has 72 valence electrons. The molecule has 1 unspecified atom stereocenters. The molecule has 4 nitrogen and oxygen atoms in total. The van der Waals surface area contributed by atoms with E-state index in [1.54, 1.807) is 18.2 Å². The van der Waals surface area contributed by atoms with Gasteiger partial charge in [-0.25, -0.2) is 13.6 Å². The topological polar surface area (TPSA) is 86.2 Å². The second-order valence-corrected chi connectivity index (χ2v) is 4.47. The van der Waals surface area contributed by atoms with E-state index in [0.29, 0.717) is 6.54 Å². The summed E-state index contributed by atoms with van der Waals surface area (Å²) in [5.41, 5.74) is 6.27. The molecule has 0 amide bonds. The van der Waals surface area contributed by atoms with Gasteiger partial charge in [0.25, 0.3) is 0 Å². The van der Waals surface area contributed by atoms with E-state index >= 15 is 0 Å². The van der Waals surface area contributed by atoms with Gasteiger partial charge in [-0.15, -0.1) is 0 Å². The second-order valence-electron chi connectivity index (χ2n) is 2.74. The van der Waals surface area contributed by atoms with E-state index in [9.17, 15) is 8.42 Å². The van der Waals surface area contributed by atoms with Gasteiger partial charge in [0, 0.05) is 6.54 Å². The molecular formula is C8H12N2O2S. The van der Waals surface area contributed by atoms with Crippen molar-refractivity contribution in [3.63, 3.8) is 0 Å². The quantitative estimate of drug-likeness (QED) is 0.639. The third kappa shape index (κ3) is 2.80. The highest BCUT2D eigenvalue weighted by atomic mass is 32.2. The minimum atomic E-state index is -3.53. The average Bonchev–Trinajstić information content (AvgIpc) is 2.26. The summed E-state index contributed by atoms with van der Waals surface area (Å²) in [6.45, 7) is 0.387. The lowest BCUT2D eigenvalue weighted by Gasteiger charge is -2.02. The lowest BCUT2D eigenvalue weighted by atomic mass is 10.2. The van der Waals surface area contributed by atoms with Crippen LogP contribution in [0.4, 0.5) is 0 Å². The summed E-state index contributed by atoms with van der Waals surface area (Å²) in [6.07, 6.45) is 8.14. The van der Waals surface area contributed by atoms with Crippen LogP contribution in [-0.2, 0) is 10.0 Å². The van der Waals surface area contributed by atoms with Crippen molar-refractivity contribution in [2.45, 2.75) is 5.25 Å². The van der Waals surface area contributed by atoms with E-state index in [1.165, 1.54) is 12.2 Å². The molecular weight excluding hydrogens is 188 g/mol. The van der Waals surface area contributed by atoms with Gasteiger partial charge in [0.15, 0.2) is 0 Å². The Labute approximate surface area is 77.7 Å². The van der Waals surface area contributed by atoms with Gasteiger partial charge in [0.05, 0.1) is 0 Å². The van der Waals surface area contributed by atoms with E-state index in [2.05, 4.69) is 0 Å². The van der Waals surface area contributed by atoms with Crippen LogP contribution in [0.15, 0.2) is 36.0 Å². The maximum absolute atomic E-state index is 11.0. The van der Waals surface area contributed by atoms with Gasteiger partial charge in [-0.2, -0.15) is 0 Å². The first-order valence-corrected chi connectivity index (χ1v) is 5.42. The Morgan fingerprint density at radius 1 is 1.38 bits per heavy atom. The highest BCUT2D eigenvalue weighted by Gasteiger charge is 2.15. The largest absolute Gasteiger partial charge is 0.326 e. The SMILES string of the molecule is NCC1=CC=CC(S(N)(=O)=O)C=C1. The molecule has 0 aromatic rings. The van der Waals surface area contributed by atoms with Crippen molar-refractivity contribution in [2.24, 2.45) is 10.9 Å². The zero-order chi connectivity index (χ0) is 9.90. The number of rotatable bonds is 2. The highest BCUT2D eigenvalue weighted by Crippen LogP contribution is 2.08. The van der Waals surface area contributed by atoms with Gasteiger partial charge in [-0.3, -0.25) is 0 Å². The molecule has 0 spiro atoms. The first kappa shape index (κ1) is 10.2. The summed E-state index contributed by atoms with van der Waals surface area (Å²) in [4.78, 5) is 0. The maximum atomic E-state index is 11.0. The molecule has 1 aliphatic rings. The number of hydrogen-bond acceptors (Lipinski definition) is 3. The van der Waals surface area contributed by atoms with Gasteiger partial charge in [-0.05, 0) is 5.57 Å². The minimum Gasteiger partial charge on any atom is -0.326 e. The van der Waals surface area contributed by atoms with Crippen molar-refractivity contribution < 1.29 is 8.42 Å². The lowest BCUT2D eigenvalue weighted by Crippen LogP contribution is -2.24. The zero-order valence-corrected chi connectivity index (χ0v) is 7.87. The van der Waals surface area contributed by atoms with Crippen LogP contribution < -0.4 is 10.9 Å². The highest BCUT2D eigenvalue weighted by molar-refractivity contribution is 7.90. The Morgan fingerprint density at radius 2 is 2.08 bits per heavy atom. The Balaban J connectivity index is 2.91. The molecule has 0 saturated heterocycles. The van der Waals surface area contributed by atoms with E-state index in [-0.39, 0.29) is 0 Å². The predicted molar refractivity (Wildman–Crippen MR) is 52.3 cm³/mol. The smallest absolute Gasteiger partial charge is 0.219 e. The van der Waals surface area contributed by atoms with Crippen molar-refractivity contribution in [1.82, 2.24) is 0 Å². The molecule has 1 aliphatic carbocycles. The molecule has 0 heterocycles. The molecule has 1 rings (SSSR count). The van der Waals surface area contributed by atoms with Crippen LogP contribution in [0.3, 0.4) is 0 Å². The van der Waals surface area contributed by atoms with E-state index < -0.39 is 15.3 Å². The third-order valence-electron chi connectivity index (χ3n) is 1.73. The van der Waals surface area contributed by atoms with Crippen LogP contribution in [-0.4, -0.2) is 20.2 Å². The van der Waals surface area contributed by atoms with Crippen molar-refractivity contribution in [3.8, 4) is 0 Å². The Kier molecular flexibility index (Phi) is 3.02. The molecule has 0 aliphatic heterocycles. The number of primary sulfonamides is 1. The van der Waals surface area contributed by atoms with Crippen LogP contribution in [0.5, 0.6) is 0 Å². The Bertz CT molecular complexity index is 366. The normalized spacial score (nSPS) is 22.6. The van der Waals surface area contributed by atoms with Crippen LogP contribution in [0.2, 0.25) is 0 Å². The molecule has 0 saturated carbocycles. The fraction of sp³-hybridized carbons (Fsp3) is 0.250. The molecule has 0 fully saturated rings. The second kappa shape index (κ2) is 3.87. The number of nitrogens with two attached hydrogens (primary N) is 2. The van der Waals surface area contributed by atoms with E-state index in [4.69, 9.17) is 10.9 Å².